The van der Waals surface area contributed by atoms with E-state index in [4.69, 9.17) is 14.5 Å². The Kier molecular flexibility index (Phi) is 8.67. The molecule has 0 saturated heterocycles. The van der Waals surface area contributed by atoms with Crippen LogP contribution in [0.1, 0.15) is 36.1 Å². The zero-order chi connectivity index (χ0) is 28.4. The molecular weight excluding hydrogens is 710 g/mol. The lowest BCUT2D eigenvalue weighted by Gasteiger charge is -2.25. The van der Waals surface area contributed by atoms with Crippen molar-refractivity contribution in [3.8, 4) is 5.75 Å². The van der Waals surface area contributed by atoms with Gasteiger partial charge >= 0.3 is 5.97 Å². The first-order chi connectivity index (χ1) is 19.3. The highest BCUT2D eigenvalue weighted by molar-refractivity contribution is 14.1. The van der Waals surface area contributed by atoms with Crippen molar-refractivity contribution >= 4 is 61.9 Å². The molecule has 10 heteroatoms. The number of esters is 1. The number of fused-ring (bicyclic) bond motifs is 1. The highest BCUT2D eigenvalue weighted by atomic mass is 127. The van der Waals surface area contributed by atoms with Crippen LogP contribution >= 0.6 is 49.9 Å². The fraction of sp³-hybridized carbons (Fsp3) is 0.167. The van der Waals surface area contributed by atoms with Crippen LogP contribution in [0.2, 0.25) is 0 Å². The third kappa shape index (κ3) is 5.70. The fourth-order valence-electron chi connectivity index (χ4n) is 4.55. The van der Waals surface area contributed by atoms with Crippen molar-refractivity contribution in [1.82, 2.24) is 4.57 Å². The number of methoxy groups -OCH3 is 1. The Labute approximate surface area is 255 Å². The molecule has 0 aliphatic carbocycles. The Morgan fingerprint density at radius 1 is 1.18 bits per heavy atom. The molecule has 6 nitrogen and oxygen atoms in total. The summed E-state index contributed by atoms with van der Waals surface area (Å²) in [5, 5.41) is 0. The van der Waals surface area contributed by atoms with E-state index in [2.05, 4.69) is 38.5 Å². The van der Waals surface area contributed by atoms with Gasteiger partial charge in [0.05, 0.1) is 37.0 Å². The van der Waals surface area contributed by atoms with Crippen molar-refractivity contribution in [3.05, 3.63) is 128 Å². The van der Waals surface area contributed by atoms with Gasteiger partial charge < -0.3 is 9.47 Å². The molecule has 0 fully saturated rings. The van der Waals surface area contributed by atoms with Crippen molar-refractivity contribution in [2.24, 2.45) is 4.99 Å². The van der Waals surface area contributed by atoms with E-state index in [9.17, 15) is 14.0 Å². The minimum atomic E-state index is -0.646. The molecule has 5 rings (SSSR count). The van der Waals surface area contributed by atoms with Crippen LogP contribution in [0.4, 0.5) is 4.39 Å². The van der Waals surface area contributed by atoms with Gasteiger partial charge in [-0.1, -0.05) is 60.7 Å². The van der Waals surface area contributed by atoms with E-state index in [1.807, 2.05) is 55.5 Å². The van der Waals surface area contributed by atoms with Crippen LogP contribution in [-0.2, 0) is 16.1 Å². The summed E-state index contributed by atoms with van der Waals surface area (Å²) in [5.74, 6) is -0.190. The second-order valence-corrected chi connectivity index (χ2v) is 12.0. The van der Waals surface area contributed by atoms with Gasteiger partial charge in [0.1, 0.15) is 18.2 Å². The zero-order valence-corrected chi connectivity index (χ0v) is 26.0. The number of hydrogen-bond acceptors (Lipinski definition) is 6. The summed E-state index contributed by atoms with van der Waals surface area (Å²) >= 11 is 7.04. The molecule has 1 aliphatic heterocycles. The molecule has 0 amide bonds. The van der Waals surface area contributed by atoms with E-state index >= 15 is 0 Å². The quantitative estimate of drug-likeness (QED) is 0.176. The smallest absolute Gasteiger partial charge is 0.338 e. The second kappa shape index (κ2) is 12.2. The Morgan fingerprint density at radius 2 is 1.95 bits per heavy atom. The Balaban J connectivity index is 1.57. The van der Waals surface area contributed by atoms with Crippen LogP contribution in [0.5, 0.6) is 5.75 Å². The molecule has 0 N–H and O–H groups in total. The molecule has 3 aromatic carbocycles. The molecule has 204 valence electrons. The number of rotatable bonds is 7. The van der Waals surface area contributed by atoms with Crippen molar-refractivity contribution in [2.75, 3.05) is 7.11 Å². The molecule has 0 radical (unpaired) electrons. The van der Waals surface area contributed by atoms with E-state index in [1.54, 1.807) is 16.7 Å². The average molecular weight is 733 g/mol. The van der Waals surface area contributed by atoms with Gasteiger partial charge in [-0.3, -0.25) is 9.36 Å². The molecule has 0 bridgehead atoms. The minimum Gasteiger partial charge on any atom is -0.487 e. The van der Waals surface area contributed by atoms with E-state index in [0.717, 1.165) is 20.3 Å². The number of allylic oxidation sites excluding steroid dienone is 1. The lowest BCUT2D eigenvalue weighted by Crippen LogP contribution is -2.40. The standard InChI is InChI=1S/C30H23BrFIN2O4S/c1-3-23-25(29(37)38-2)26(19-9-5-4-6-10-19)35-28(36)24(40-30(35)34-23)15-18-13-21(31)27(22(33)14-18)39-16-17-8-7-11-20(32)12-17/h4-15,26H,3,16H2,1-2H3/b24-15-/t26-/m0/s1. The Morgan fingerprint density at radius 3 is 2.62 bits per heavy atom. The maximum atomic E-state index is 13.8. The summed E-state index contributed by atoms with van der Waals surface area (Å²) in [6.45, 7) is 2.14. The summed E-state index contributed by atoms with van der Waals surface area (Å²) in [5.41, 5.74) is 3.04. The summed E-state index contributed by atoms with van der Waals surface area (Å²) in [7, 11) is 1.33. The summed E-state index contributed by atoms with van der Waals surface area (Å²) < 4.78 is 28.2. The maximum Gasteiger partial charge on any atom is 0.338 e. The largest absolute Gasteiger partial charge is 0.487 e. The molecule has 0 saturated carbocycles. The number of carbonyl (C=O) groups excluding carboxylic acids is 1. The average Bonchev–Trinajstić information content (AvgIpc) is 3.25. The van der Waals surface area contributed by atoms with Gasteiger partial charge in [-0.15, -0.1) is 0 Å². The van der Waals surface area contributed by atoms with Gasteiger partial charge in [-0.2, -0.15) is 0 Å². The molecule has 40 heavy (non-hydrogen) atoms. The molecule has 1 atom stereocenters. The number of thiazole rings is 1. The number of ether oxygens (including phenoxy) is 2. The van der Waals surface area contributed by atoms with Gasteiger partial charge in [0.15, 0.2) is 4.80 Å². The van der Waals surface area contributed by atoms with Crippen LogP contribution in [0, 0.1) is 9.39 Å². The van der Waals surface area contributed by atoms with Crippen molar-refractivity contribution < 1.29 is 18.7 Å². The summed E-state index contributed by atoms with van der Waals surface area (Å²) in [6, 6.07) is 18.8. The molecule has 4 aromatic rings. The number of benzene rings is 3. The van der Waals surface area contributed by atoms with E-state index in [-0.39, 0.29) is 18.0 Å². The van der Waals surface area contributed by atoms with Crippen LogP contribution in [0.25, 0.3) is 6.08 Å². The van der Waals surface area contributed by atoms with Gasteiger partial charge in [-0.05, 0) is 92.0 Å². The van der Waals surface area contributed by atoms with Crippen LogP contribution in [-0.4, -0.2) is 17.6 Å². The van der Waals surface area contributed by atoms with Gasteiger partial charge in [0.25, 0.3) is 5.56 Å². The molecular formula is C30H23BrFIN2O4S. The third-order valence-corrected chi connectivity index (χ3v) is 8.73. The summed E-state index contributed by atoms with van der Waals surface area (Å²) in [6.07, 6.45) is 2.32. The topological polar surface area (TPSA) is 69.9 Å². The number of hydrogen-bond donors (Lipinski definition) is 0. The van der Waals surface area contributed by atoms with E-state index < -0.39 is 12.0 Å². The number of aromatic nitrogens is 1. The fourth-order valence-corrected chi connectivity index (χ4v) is 7.34. The van der Waals surface area contributed by atoms with Crippen molar-refractivity contribution in [1.29, 1.82) is 0 Å². The highest BCUT2D eigenvalue weighted by Crippen LogP contribution is 2.34. The maximum absolute atomic E-state index is 13.8. The monoisotopic (exact) mass is 732 g/mol. The van der Waals surface area contributed by atoms with Crippen LogP contribution < -0.4 is 19.6 Å². The van der Waals surface area contributed by atoms with Gasteiger partial charge in [0, 0.05) is 0 Å². The zero-order valence-electron chi connectivity index (χ0n) is 21.5. The summed E-state index contributed by atoms with van der Waals surface area (Å²) in [4.78, 5) is 32.0. The number of carbonyl (C=O) groups is 1. The number of nitrogens with zero attached hydrogens (tertiary/aromatic N) is 2. The lowest BCUT2D eigenvalue weighted by atomic mass is 9.95. The third-order valence-electron chi connectivity index (χ3n) is 6.36. The minimum absolute atomic E-state index is 0.214. The first-order valence-corrected chi connectivity index (χ1v) is 15.0. The molecule has 1 aromatic heterocycles. The van der Waals surface area contributed by atoms with Crippen molar-refractivity contribution in [2.45, 2.75) is 26.0 Å². The van der Waals surface area contributed by atoms with Crippen LogP contribution in [0.15, 0.2) is 92.3 Å². The van der Waals surface area contributed by atoms with Gasteiger partial charge in [0.2, 0.25) is 0 Å². The van der Waals surface area contributed by atoms with E-state index in [1.165, 1.54) is 30.6 Å². The number of halogens is 3. The van der Waals surface area contributed by atoms with Crippen molar-refractivity contribution in [3.63, 3.8) is 0 Å². The molecule has 2 heterocycles. The molecule has 1 aliphatic rings. The predicted octanol–water partition coefficient (Wildman–Crippen LogP) is 5.88. The second-order valence-electron chi connectivity index (χ2n) is 8.93. The van der Waals surface area contributed by atoms with Gasteiger partial charge in [-0.25, -0.2) is 14.2 Å². The van der Waals surface area contributed by atoms with Crippen LogP contribution in [0.3, 0.4) is 0 Å². The normalized spacial score (nSPS) is 15.0. The highest BCUT2D eigenvalue weighted by Gasteiger charge is 2.33. The predicted molar refractivity (Wildman–Crippen MR) is 164 cm³/mol. The Bertz CT molecular complexity index is 1790. The van der Waals surface area contributed by atoms with E-state index in [0.29, 0.717) is 37.2 Å². The molecule has 0 spiro atoms. The first kappa shape index (κ1) is 28.4. The first-order valence-electron chi connectivity index (χ1n) is 12.3. The Hall–Kier alpha value is -3.09. The SMILES string of the molecule is CCC1=C(C(=O)OC)[C@H](c2ccccc2)n2c(s/c(=C\c3cc(Br)c(OCc4cccc(F)c4)c(I)c3)c2=O)=N1. The lowest BCUT2D eigenvalue weighted by molar-refractivity contribution is -0.136. The molecule has 0 unspecified atom stereocenters.